The summed E-state index contributed by atoms with van der Waals surface area (Å²) in [6, 6.07) is 36.1. The summed E-state index contributed by atoms with van der Waals surface area (Å²) in [5, 5.41) is 72.4. The Hall–Kier alpha value is -16.6. The van der Waals surface area contributed by atoms with Crippen molar-refractivity contribution in [2.75, 3.05) is 0 Å². The summed E-state index contributed by atoms with van der Waals surface area (Å²) >= 11 is 0. The van der Waals surface area contributed by atoms with Crippen LogP contribution in [0.5, 0.6) is 0 Å². The van der Waals surface area contributed by atoms with Gasteiger partial charge in [0.25, 0.3) is 0 Å². The largest absolute Gasteiger partial charge is 0.374 e. The summed E-state index contributed by atoms with van der Waals surface area (Å²) in [4.78, 5) is 86.5. The summed E-state index contributed by atoms with van der Waals surface area (Å²) in [5.41, 5.74) is -2.17. The van der Waals surface area contributed by atoms with E-state index < -0.39 is 103 Å². The highest BCUT2D eigenvalue weighted by atomic mass is 19.2. The Bertz CT molecular complexity index is 7870. The fourth-order valence-corrected chi connectivity index (χ4v) is 17.2. The number of hydrogen-bond donors (Lipinski definition) is 12. The molecule has 12 aromatic heterocycles. The number of pyridine rings is 2. The van der Waals surface area contributed by atoms with Crippen molar-refractivity contribution in [1.82, 2.24) is 90.6 Å². The van der Waals surface area contributed by atoms with Gasteiger partial charge in [-0.05, 0) is 224 Å². The molecule has 12 heterocycles. The van der Waals surface area contributed by atoms with Crippen molar-refractivity contribution in [2.24, 2.45) is 0 Å². The molecule has 0 saturated carbocycles. The first-order valence-electron chi connectivity index (χ1n) is 40.9. The Morgan fingerprint density at radius 2 is 0.645 bits per heavy atom. The first kappa shape index (κ1) is 98.9. The van der Waals surface area contributed by atoms with E-state index in [-0.39, 0.29) is 108 Å². The van der Waals surface area contributed by atoms with Gasteiger partial charge in [0.1, 0.15) is 75.3 Å². The summed E-state index contributed by atoms with van der Waals surface area (Å²) in [7, 11) is 0. The standard InChI is InChI=1S/2C25H20F2N4O3.2C23H17F2N5O3.4CH4/c1-12-4-6-19(27)17(8-12)25(33,21-7-5-16(26)11-28-21)18-9-15(22-13(2)31-34-14(22)3)10-20-23(18)30-24(32)29-20;1-12-4-6-17(19(27)8-12)25(33,21-7-5-16(26)11-28-21)18-9-15(22-13(2)31-34-14(22)3)10-20-23(18)30-24(32)29-20;1-11-19(12(2)33-30-11)13-9-14(21-17(10-13)27-22(31)28-21)23(32,18-7-4-8-26-29-18)20-15(24)5-3-6-16(20)25;1-11-19(12(2)33-30-11)13-8-14(21-17(9-13)28-22(31)29-21)23(32,18-10-26-6-7-27-18)20-15(24)4-3-5-16(20)25;;;;/h2*4-11,33H,1-3H3,(H2,29,30,32);3-10,32H,1-2H3,(H2,27,28,31);3-10,32H,1-2H3,(H2,28,29,31);4*1H4. The van der Waals surface area contributed by atoms with E-state index in [2.05, 4.69) is 90.6 Å². The number of aromatic nitrogens is 18. The van der Waals surface area contributed by atoms with E-state index in [0.29, 0.717) is 124 Å². The Balaban J connectivity index is 0.000000154. The molecule has 0 aliphatic rings. The predicted molar refractivity (Wildman–Crippen MR) is 498 cm³/mol. The normalized spacial score (nSPS) is 13.0. The number of nitrogens with one attached hydrogen (secondary N) is 8. The van der Waals surface area contributed by atoms with E-state index in [1.165, 1.54) is 97.6 Å². The maximum atomic E-state index is 15.3. The quantitative estimate of drug-likeness (QED) is 0.0400. The van der Waals surface area contributed by atoms with Gasteiger partial charge in [0, 0.05) is 74.2 Å². The molecule has 0 aliphatic carbocycles. The summed E-state index contributed by atoms with van der Waals surface area (Å²) in [5.74, 6) is -4.48. The van der Waals surface area contributed by atoms with Crippen molar-refractivity contribution < 1.29 is 73.6 Å². The van der Waals surface area contributed by atoms with Crippen molar-refractivity contribution in [3.63, 3.8) is 0 Å². The molecular weight excluding hydrogens is 1800 g/mol. The highest BCUT2D eigenvalue weighted by Crippen LogP contribution is 2.49. The van der Waals surface area contributed by atoms with Crippen LogP contribution in [0.2, 0.25) is 0 Å². The lowest BCUT2D eigenvalue weighted by atomic mass is 9.80. The smallest absolute Gasteiger partial charge is 0.323 e. The molecule has 708 valence electrons. The van der Waals surface area contributed by atoms with Gasteiger partial charge in [-0.2, -0.15) is 10.2 Å². The molecule has 4 unspecified atom stereocenters. The number of aromatic amines is 8. The van der Waals surface area contributed by atoms with Crippen molar-refractivity contribution >= 4 is 44.1 Å². The first-order chi connectivity index (χ1) is 64.0. The van der Waals surface area contributed by atoms with Crippen molar-refractivity contribution in [1.29, 1.82) is 0 Å². The molecule has 0 amide bonds. The molecule has 30 nitrogen and oxygen atoms in total. The fraction of sp³-hybridized carbons (Fsp3) is 0.180. The average molecular weight is 1890 g/mol. The SMILES string of the molecule is C.C.C.C.Cc1ccc(C(O)(c2ccc(F)cn2)c2cc(-c3c(C)noc3C)cc3[nH]c(=O)[nH]c23)c(F)c1.Cc1ccc(F)c(C(O)(c2ccc(F)cn2)c2cc(-c3c(C)noc3C)cc3[nH]c(=O)[nH]c23)c1.Cc1noc(C)c1-c1cc(C(O)(c2cccnn2)c2c(F)cccc2F)c2[nH]c(=O)[nH]c2c1.Cc1noc(C)c1-c1cc(C(O)(c2cnccn2)c2c(F)cccc2F)c2[nH]c(=O)[nH]c2c1. The number of H-pyrrole nitrogens is 8. The van der Waals surface area contributed by atoms with Gasteiger partial charge < -0.3 is 78.4 Å². The zero-order valence-corrected chi connectivity index (χ0v) is 72.0. The molecule has 4 atom stereocenters. The van der Waals surface area contributed by atoms with Gasteiger partial charge in [0.15, 0.2) is 22.4 Å². The molecule has 0 radical (unpaired) electrons. The van der Waals surface area contributed by atoms with Gasteiger partial charge in [-0.1, -0.05) is 86.2 Å². The Morgan fingerprint density at radius 1 is 0.297 bits per heavy atom. The average Bonchev–Trinajstić information content (AvgIpc) is 1.32. The van der Waals surface area contributed by atoms with E-state index in [0.717, 1.165) is 48.8 Å². The van der Waals surface area contributed by atoms with Crippen molar-refractivity contribution in [2.45, 2.75) is 121 Å². The van der Waals surface area contributed by atoms with Crippen LogP contribution >= 0.6 is 0 Å². The van der Waals surface area contributed by atoms with Crippen LogP contribution in [0.4, 0.5) is 35.1 Å². The molecule has 38 heteroatoms. The number of rotatable bonds is 16. The van der Waals surface area contributed by atoms with E-state index in [9.17, 15) is 48.4 Å². The third kappa shape index (κ3) is 17.5. The van der Waals surface area contributed by atoms with E-state index in [4.69, 9.17) is 18.1 Å². The molecule has 0 spiro atoms. The number of halogens is 8. The van der Waals surface area contributed by atoms with Crippen molar-refractivity contribution in [3.05, 3.63) is 408 Å². The van der Waals surface area contributed by atoms with Crippen LogP contribution in [0, 0.1) is 116 Å². The predicted octanol–water partition coefficient (Wildman–Crippen LogP) is 18.3. The van der Waals surface area contributed by atoms with Gasteiger partial charge in [0.05, 0.1) is 114 Å². The Morgan fingerprint density at radius 3 is 0.964 bits per heavy atom. The highest BCUT2D eigenvalue weighted by molar-refractivity contribution is 5.92. The van der Waals surface area contributed by atoms with E-state index in [1.54, 1.807) is 118 Å². The minimum atomic E-state index is -2.44. The number of aryl methyl sites for hydroxylation is 10. The van der Waals surface area contributed by atoms with Gasteiger partial charge in [-0.25, -0.2) is 54.3 Å². The Labute approximate surface area is 778 Å². The maximum Gasteiger partial charge on any atom is 0.323 e. The lowest BCUT2D eigenvalue weighted by Crippen LogP contribution is -2.33. The fourth-order valence-electron chi connectivity index (χ4n) is 17.2. The second kappa shape index (κ2) is 38.4. The highest BCUT2D eigenvalue weighted by Gasteiger charge is 2.47. The van der Waals surface area contributed by atoms with Crippen LogP contribution in [0.25, 0.3) is 88.6 Å². The summed E-state index contributed by atoms with van der Waals surface area (Å²) < 4.78 is 139. The van der Waals surface area contributed by atoms with Crippen LogP contribution in [0.15, 0.2) is 232 Å². The van der Waals surface area contributed by atoms with Crippen LogP contribution in [0.1, 0.15) is 154 Å². The molecule has 138 heavy (non-hydrogen) atoms. The molecule has 0 fully saturated rings. The zero-order chi connectivity index (χ0) is 95.1. The molecule has 20 rings (SSSR count). The summed E-state index contributed by atoms with van der Waals surface area (Å²) in [6.45, 7) is 17.4. The first-order valence-corrected chi connectivity index (χ1v) is 40.9. The van der Waals surface area contributed by atoms with Gasteiger partial charge >= 0.3 is 22.8 Å². The van der Waals surface area contributed by atoms with Crippen molar-refractivity contribution in [3.8, 4) is 44.5 Å². The lowest BCUT2D eigenvalue weighted by molar-refractivity contribution is 0.112. The number of nitrogens with zero attached hydrogens (tertiary/aromatic N) is 10. The van der Waals surface area contributed by atoms with Gasteiger partial charge in [-0.3, -0.25) is 19.9 Å². The minimum Gasteiger partial charge on any atom is -0.374 e. The summed E-state index contributed by atoms with van der Waals surface area (Å²) in [6.07, 6.45) is 7.15. The number of aliphatic hydroxyl groups is 4. The van der Waals surface area contributed by atoms with Crippen LogP contribution in [-0.4, -0.2) is 111 Å². The monoisotopic (exact) mass is 1890 g/mol. The number of hydrogen-bond acceptors (Lipinski definition) is 22. The third-order valence-corrected chi connectivity index (χ3v) is 23.1. The third-order valence-electron chi connectivity index (χ3n) is 23.1. The number of fused-ring (bicyclic) bond motifs is 4. The van der Waals surface area contributed by atoms with Gasteiger partial charge in [-0.15, -0.1) is 0 Å². The van der Waals surface area contributed by atoms with E-state index in [1.807, 2.05) is 0 Å². The van der Waals surface area contributed by atoms with E-state index >= 15 is 26.3 Å². The molecule has 20 aromatic rings. The number of imidazole rings is 4. The maximum absolute atomic E-state index is 15.3. The topological polar surface area (TPSA) is 457 Å². The number of benzene rings is 8. The van der Waals surface area contributed by atoms with Gasteiger partial charge in [0.2, 0.25) is 0 Å². The second-order valence-corrected chi connectivity index (χ2v) is 31.8. The molecule has 0 saturated heterocycles. The molecule has 12 N–H and O–H groups in total. The van der Waals surface area contributed by atoms with Crippen LogP contribution < -0.4 is 22.8 Å². The molecule has 0 aliphatic heterocycles. The van der Waals surface area contributed by atoms with Crippen LogP contribution in [-0.2, 0) is 22.4 Å². The molecule has 0 bridgehead atoms. The minimum absolute atomic E-state index is 0. The second-order valence-electron chi connectivity index (χ2n) is 31.8. The Kier molecular flexibility index (Phi) is 27.5. The lowest BCUT2D eigenvalue weighted by Gasteiger charge is -2.30. The molecular formula is C100H90F8N18O12. The van der Waals surface area contributed by atoms with Crippen LogP contribution in [0.3, 0.4) is 0 Å². The molecule has 8 aromatic carbocycles. The zero-order valence-electron chi connectivity index (χ0n) is 72.0.